The van der Waals surface area contributed by atoms with Crippen molar-refractivity contribution in [3.63, 3.8) is 0 Å². The van der Waals surface area contributed by atoms with Crippen LogP contribution < -0.4 is 10.9 Å². The van der Waals surface area contributed by atoms with E-state index in [4.69, 9.17) is 4.42 Å². The molecule has 0 saturated carbocycles. The Morgan fingerprint density at radius 2 is 1.88 bits per heavy atom. The maximum Gasteiger partial charge on any atom is 0.336 e. The molecule has 0 bridgehead atoms. The van der Waals surface area contributed by atoms with Crippen LogP contribution in [-0.2, 0) is 24.2 Å². The number of carbonyl (C=O) groups is 1. The van der Waals surface area contributed by atoms with Crippen LogP contribution in [0.25, 0.3) is 11.0 Å². The third-order valence-corrected chi connectivity index (χ3v) is 4.41. The van der Waals surface area contributed by atoms with Gasteiger partial charge >= 0.3 is 5.63 Å². The van der Waals surface area contributed by atoms with Gasteiger partial charge in [0.1, 0.15) is 5.58 Å². The third kappa shape index (κ3) is 4.28. The van der Waals surface area contributed by atoms with Crippen LogP contribution >= 0.6 is 0 Å². The van der Waals surface area contributed by atoms with E-state index < -0.39 is 0 Å². The van der Waals surface area contributed by atoms with E-state index in [-0.39, 0.29) is 23.6 Å². The summed E-state index contributed by atoms with van der Waals surface area (Å²) in [5, 5.41) is 3.93. The maximum absolute atomic E-state index is 12.1. The van der Waals surface area contributed by atoms with Gasteiger partial charge in [0.05, 0.1) is 6.54 Å². The Morgan fingerprint density at radius 1 is 1.20 bits per heavy atom. The van der Waals surface area contributed by atoms with Crippen molar-refractivity contribution in [1.82, 2.24) is 10.2 Å². The summed E-state index contributed by atoms with van der Waals surface area (Å²) in [5.41, 5.74) is 3.59. The molecule has 0 saturated heterocycles. The van der Waals surface area contributed by atoms with E-state index >= 15 is 0 Å². The predicted molar refractivity (Wildman–Crippen MR) is 98.7 cm³/mol. The number of benzene rings is 1. The molecular weight excluding hydrogens is 316 g/mol. The number of hydrogen-bond acceptors (Lipinski definition) is 4. The highest BCUT2D eigenvalue weighted by atomic mass is 16.4. The van der Waals surface area contributed by atoms with Crippen molar-refractivity contribution in [3.05, 3.63) is 45.3 Å². The summed E-state index contributed by atoms with van der Waals surface area (Å²) in [6.45, 7) is 6.69. The smallest absolute Gasteiger partial charge is 0.336 e. The van der Waals surface area contributed by atoms with Gasteiger partial charge in [-0.25, -0.2) is 4.79 Å². The first-order valence-electron chi connectivity index (χ1n) is 8.79. The maximum atomic E-state index is 12.1. The summed E-state index contributed by atoms with van der Waals surface area (Å²) in [5.74, 6) is -0.0248. The molecule has 1 N–H and O–H groups in total. The van der Waals surface area contributed by atoms with E-state index in [1.807, 2.05) is 38.8 Å². The average molecular weight is 342 g/mol. The van der Waals surface area contributed by atoms with E-state index in [1.54, 1.807) is 6.07 Å². The first-order valence-corrected chi connectivity index (χ1v) is 8.79. The lowest BCUT2D eigenvalue weighted by molar-refractivity contribution is -0.123. The number of likely N-dealkylation sites (N-methyl/N-ethyl adjacent to an activating group) is 1. The topological polar surface area (TPSA) is 62.6 Å². The van der Waals surface area contributed by atoms with Gasteiger partial charge in [0, 0.05) is 23.5 Å². The number of amides is 1. The Bertz CT molecular complexity index is 862. The fourth-order valence-corrected chi connectivity index (χ4v) is 3.48. The second-order valence-corrected chi connectivity index (χ2v) is 8.03. The Morgan fingerprint density at radius 3 is 2.56 bits per heavy atom. The molecule has 5 heteroatoms. The normalized spacial score (nSPS) is 14.1. The van der Waals surface area contributed by atoms with Crippen LogP contribution in [0, 0.1) is 0 Å². The zero-order valence-electron chi connectivity index (χ0n) is 15.4. The van der Waals surface area contributed by atoms with Crippen LogP contribution in [0.2, 0.25) is 0 Å². The number of fused-ring (bicyclic) bond motifs is 2. The zero-order chi connectivity index (χ0) is 18.2. The molecule has 1 aromatic carbocycles. The van der Waals surface area contributed by atoms with Crippen LogP contribution in [0.4, 0.5) is 0 Å². The summed E-state index contributed by atoms with van der Waals surface area (Å²) in [6.07, 6.45) is 3.28. The van der Waals surface area contributed by atoms with Crippen molar-refractivity contribution < 1.29 is 9.21 Å². The number of rotatable bonds is 4. The number of nitrogens with zero attached hydrogens (tertiary/aromatic N) is 1. The summed E-state index contributed by atoms with van der Waals surface area (Å²) < 4.78 is 5.40. The van der Waals surface area contributed by atoms with Crippen molar-refractivity contribution in [2.24, 2.45) is 0 Å². The van der Waals surface area contributed by atoms with Gasteiger partial charge in [-0.1, -0.05) is 0 Å². The SMILES string of the molecule is CN(CC(=O)NC(C)(C)C)Cc1cc(=O)oc2cc3c(cc12)CCC3. The second kappa shape index (κ2) is 6.64. The molecule has 0 atom stereocenters. The molecule has 0 unspecified atom stereocenters. The van der Waals surface area contributed by atoms with Gasteiger partial charge in [-0.15, -0.1) is 0 Å². The number of nitrogens with one attached hydrogen (secondary N) is 1. The molecule has 1 aliphatic carbocycles. The van der Waals surface area contributed by atoms with Gasteiger partial charge in [0.2, 0.25) is 5.91 Å². The van der Waals surface area contributed by atoms with E-state index in [0.29, 0.717) is 12.1 Å². The minimum absolute atomic E-state index is 0.0248. The molecule has 2 aromatic rings. The monoisotopic (exact) mass is 342 g/mol. The molecule has 1 amide bonds. The Hall–Kier alpha value is -2.14. The molecule has 0 radical (unpaired) electrons. The van der Waals surface area contributed by atoms with Crippen molar-refractivity contribution in [3.8, 4) is 0 Å². The van der Waals surface area contributed by atoms with Gasteiger partial charge in [-0.2, -0.15) is 0 Å². The highest BCUT2D eigenvalue weighted by molar-refractivity contribution is 5.82. The van der Waals surface area contributed by atoms with Gasteiger partial charge in [-0.3, -0.25) is 9.69 Å². The largest absolute Gasteiger partial charge is 0.423 e. The Labute approximate surface area is 148 Å². The molecule has 0 aliphatic heterocycles. The van der Waals surface area contributed by atoms with Crippen molar-refractivity contribution in [2.45, 2.75) is 52.1 Å². The van der Waals surface area contributed by atoms with E-state index in [9.17, 15) is 9.59 Å². The van der Waals surface area contributed by atoms with Crippen molar-refractivity contribution in [1.29, 1.82) is 0 Å². The molecule has 1 heterocycles. The molecule has 25 heavy (non-hydrogen) atoms. The fourth-order valence-electron chi connectivity index (χ4n) is 3.48. The molecule has 3 rings (SSSR count). The zero-order valence-corrected chi connectivity index (χ0v) is 15.4. The second-order valence-electron chi connectivity index (χ2n) is 8.03. The van der Waals surface area contributed by atoms with Crippen molar-refractivity contribution in [2.75, 3.05) is 13.6 Å². The lowest BCUT2D eigenvalue weighted by Crippen LogP contribution is -2.45. The van der Waals surface area contributed by atoms with Gasteiger partial charge < -0.3 is 9.73 Å². The van der Waals surface area contributed by atoms with Crippen LogP contribution in [0.1, 0.15) is 43.9 Å². The van der Waals surface area contributed by atoms with Crippen LogP contribution in [-0.4, -0.2) is 29.9 Å². The summed E-state index contributed by atoms with van der Waals surface area (Å²) in [7, 11) is 1.88. The number of carbonyl (C=O) groups excluding carboxylic acids is 1. The number of hydrogen-bond donors (Lipinski definition) is 1. The van der Waals surface area contributed by atoms with E-state index in [2.05, 4.69) is 11.4 Å². The molecular formula is C20H26N2O3. The van der Waals surface area contributed by atoms with Crippen molar-refractivity contribution >= 4 is 16.9 Å². The molecule has 1 aliphatic rings. The summed E-state index contributed by atoms with van der Waals surface area (Å²) in [4.78, 5) is 26.0. The summed E-state index contributed by atoms with van der Waals surface area (Å²) >= 11 is 0. The van der Waals surface area contributed by atoms with Crippen LogP contribution in [0.3, 0.4) is 0 Å². The Balaban J connectivity index is 1.83. The summed E-state index contributed by atoms with van der Waals surface area (Å²) in [6, 6.07) is 5.70. The fraction of sp³-hybridized carbons (Fsp3) is 0.500. The van der Waals surface area contributed by atoms with E-state index in [1.165, 1.54) is 11.1 Å². The molecule has 0 spiro atoms. The third-order valence-electron chi connectivity index (χ3n) is 4.41. The standard InChI is InChI=1S/C20H26N2O3/c1-20(2,3)21-18(23)12-22(4)11-15-10-19(24)25-17-9-14-7-5-6-13(14)8-16(15)17/h8-10H,5-7,11-12H2,1-4H3,(H,21,23). The number of aryl methyl sites for hydroxylation is 2. The average Bonchev–Trinajstić information content (AvgIpc) is 2.89. The Kier molecular flexibility index (Phi) is 4.69. The minimum Gasteiger partial charge on any atom is -0.423 e. The lowest BCUT2D eigenvalue weighted by atomic mass is 10.0. The van der Waals surface area contributed by atoms with Gasteiger partial charge in [0.15, 0.2) is 0 Å². The predicted octanol–water partition coefficient (Wildman–Crippen LogP) is 2.63. The molecule has 1 aromatic heterocycles. The first kappa shape index (κ1) is 17.7. The highest BCUT2D eigenvalue weighted by Crippen LogP contribution is 2.28. The van der Waals surface area contributed by atoms with Gasteiger partial charge in [0.25, 0.3) is 0 Å². The molecule has 134 valence electrons. The lowest BCUT2D eigenvalue weighted by Gasteiger charge is -2.23. The quantitative estimate of drug-likeness (QED) is 0.868. The first-order chi connectivity index (χ1) is 11.7. The molecule has 5 nitrogen and oxygen atoms in total. The minimum atomic E-state index is -0.340. The van der Waals surface area contributed by atoms with Gasteiger partial charge in [-0.05, 0) is 75.9 Å². The van der Waals surface area contributed by atoms with Crippen LogP contribution in [0.15, 0.2) is 27.4 Å². The molecule has 0 fully saturated rings. The van der Waals surface area contributed by atoms with E-state index in [0.717, 1.165) is 30.2 Å². The highest BCUT2D eigenvalue weighted by Gasteiger charge is 2.18. The van der Waals surface area contributed by atoms with Crippen LogP contribution in [0.5, 0.6) is 0 Å².